The summed E-state index contributed by atoms with van der Waals surface area (Å²) in [4.78, 5) is 3.13. The van der Waals surface area contributed by atoms with Gasteiger partial charge in [0.25, 0.3) is 0 Å². The van der Waals surface area contributed by atoms with Crippen molar-refractivity contribution >= 4 is 55.1 Å². The Bertz CT molecular complexity index is 838. The molecule has 1 aromatic heterocycles. The van der Waals surface area contributed by atoms with Crippen LogP contribution in [-0.2, 0) is 0 Å². The summed E-state index contributed by atoms with van der Waals surface area (Å²) in [5, 5.41) is 0. The fraction of sp³-hybridized carbons (Fsp3) is 0. The topological polar surface area (TPSA) is 20.7 Å². The number of hydrogen-bond acceptors (Lipinski definition) is 1. The number of benzene rings is 2. The Labute approximate surface area is 130 Å². The van der Waals surface area contributed by atoms with Crippen LogP contribution < -0.4 is 0 Å². The Morgan fingerprint density at radius 1 is 1.11 bits per heavy atom. The molecule has 0 unspecified atom stereocenters. The first-order chi connectivity index (χ1) is 9.06. The number of nitrogens with one attached hydrogen (secondary N) is 1. The molecule has 0 aliphatic heterocycles. The van der Waals surface area contributed by atoms with E-state index in [0.717, 1.165) is 21.2 Å². The third kappa shape index (κ3) is 2.28. The van der Waals surface area contributed by atoms with Gasteiger partial charge in [-0.05, 0) is 64.5 Å². The monoisotopic (exact) mass is 400 g/mol. The van der Waals surface area contributed by atoms with E-state index in [1.807, 2.05) is 22.8 Å². The van der Waals surface area contributed by atoms with Crippen LogP contribution in [-0.4, -0.2) is 9.55 Å². The van der Waals surface area contributed by atoms with Gasteiger partial charge in [0.1, 0.15) is 5.82 Å². The molecule has 0 saturated carbocycles. The first-order valence-electron chi connectivity index (χ1n) is 5.42. The predicted octanol–water partition coefficient (Wildman–Crippen LogP) is 5.35. The van der Waals surface area contributed by atoms with Crippen molar-refractivity contribution in [2.24, 2.45) is 0 Å². The third-order valence-electron chi connectivity index (χ3n) is 2.81. The highest BCUT2D eigenvalue weighted by atomic mass is 79.9. The summed E-state index contributed by atoms with van der Waals surface area (Å²) in [7, 11) is 0. The number of halogens is 3. The van der Waals surface area contributed by atoms with Crippen molar-refractivity contribution in [3.8, 4) is 5.69 Å². The molecule has 1 N–H and O–H groups in total. The fourth-order valence-corrected chi connectivity index (χ4v) is 2.99. The summed E-state index contributed by atoms with van der Waals surface area (Å²) in [6.45, 7) is 0. The highest BCUT2D eigenvalue weighted by Gasteiger charge is 2.09. The average Bonchev–Trinajstić information content (AvgIpc) is 2.68. The molecule has 3 aromatic rings. The molecule has 0 bridgehead atoms. The van der Waals surface area contributed by atoms with Crippen molar-refractivity contribution in [2.75, 3.05) is 0 Å². The first kappa shape index (κ1) is 13.0. The zero-order chi connectivity index (χ0) is 13.6. The van der Waals surface area contributed by atoms with Crippen LogP contribution in [0.5, 0.6) is 0 Å². The second-order valence-electron chi connectivity index (χ2n) is 4.03. The van der Waals surface area contributed by atoms with Crippen molar-refractivity contribution < 1.29 is 4.39 Å². The van der Waals surface area contributed by atoms with Crippen molar-refractivity contribution in [3.05, 3.63) is 55.9 Å². The molecule has 3 rings (SSSR count). The number of H-pyrrole nitrogens is 1. The summed E-state index contributed by atoms with van der Waals surface area (Å²) in [5.41, 5.74) is 2.69. The number of aromatic amines is 1. The quantitative estimate of drug-likeness (QED) is 0.545. The maximum atomic E-state index is 13.3. The SMILES string of the molecule is Fc1ccc(-n2c(=S)[nH]c3ccc(Br)cc32)cc1Br. The second kappa shape index (κ2) is 4.85. The smallest absolute Gasteiger partial charge is 0.182 e. The zero-order valence-electron chi connectivity index (χ0n) is 9.45. The van der Waals surface area contributed by atoms with Gasteiger partial charge in [0.05, 0.1) is 15.5 Å². The number of rotatable bonds is 1. The largest absolute Gasteiger partial charge is 0.330 e. The summed E-state index contributed by atoms with van der Waals surface area (Å²) in [6.07, 6.45) is 0. The maximum absolute atomic E-state index is 13.3. The summed E-state index contributed by atoms with van der Waals surface area (Å²) < 4.78 is 17.1. The van der Waals surface area contributed by atoms with Gasteiger partial charge in [0, 0.05) is 10.2 Å². The van der Waals surface area contributed by atoms with Gasteiger partial charge < -0.3 is 4.98 Å². The lowest BCUT2D eigenvalue weighted by Crippen LogP contribution is -1.94. The molecule has 2 aromatic carbocycles. The van der Waals surface area contributed by atoms with Crippen molar-refractivity contribution in [3.63, 3.8) is 0 Å². The number of aromatic nitrogens is 2. The Kier molecular flexibility index (Phi) is 3.32. The molecule has 0 spiro atoms. The molecule has 0 radical (unpaired) electrons. The van der Waals surface area contributed by atoms with E-state index in [9.17, 15) is 4.39 Å². The molecule has 6 heteroatoms. The van der Waals surface area contributed by atoms with Gasteiger partial charge in [-0.15, -0.1) is 0 Å². The number of hydrogen-bond donors (Lipinski definition) is 1. The molecule has 0 atom stereocenters. The molecule has 1 heterocycles. The van der Waals surface area contributed by atoms with Crippen molar-refractivity contribution in [1.82, 2.24) is 9.55 Å². The highest BCUT2D eigenvalue weighted by molar-refractivity contribution is 9.10. The fourth-order valence-electron chi connectivity index (χ4n) is 1.96. The average molecular weight is 402 g/mol. The lowest BCUT2D eigenvalue weighted by Gasteiger charge is -2.06. The molecule has 0 amide bonds. The lowest BCUT2D eigenvalue weighted by molar-refractivity contribution is 0.620. The van der Waals surface area contributed by atoms with E-state index < -0.39 is 0 Å². The number of imidazole rings is 1. The predicted molar refractivity (Wildman–Crippen MR) is 83.8 cm³/mol. The molecule has 0 aliphatic carbocycles. The van der Waals surface area contributed by atoms with Gasteiger partial charge in [-0.25, -0.2) is 4.39 Å². The molecule has 0 fully saturated rings. The second-order valence-corrected chi connectivity index (χ2v) is 6.18. The summed E-state index contributed by atoms with van der Waals surface area (Å²) in [5.74, 6) is -0.295. The maximum Gasteiger partial charge on any atom is 0.182 e. The molecular formula is C13H7Br2FN2S. The zero-order valence-corrected chi connectivity index (χ0v) is 13.4. The molecule has 2 nitrogen and oxygen atoms in total. The normalized spacial score (nSPS) is 11.1. The van der Waals surface area contributed by atoms with Crippen molar-refractivity contribution in [1.29, 1.82) is 0 Å². The molecule has 0 saturated heterocycles. The Morgan fingerprint density at radius 2 is 1.89 bits per heavy atom. The minimum Gasteiger partial charge on any atom is -0.330 e. The van der Waals surface area contributed by atoms with Gasteiger partial charge in [-0.3, -0.25) is 4.57 Å². The molecule has 96 valence electrons. The minimum absolute atomic E-state index is 0.295. The van der Waals surface area contributed by atoms with E-state index in [0.29, 0.717) is 9.24 Å². The summed E-state index contributed by atoms with van der Waals surface area (Å²) >= 11 is 12.0. The van der Waals surface area contributed by atoms with Crippen LogP contribution in [0.4, 0.5) is 4.39 Å². The van der Waals surface area contributed by atoms with E-state index in [2.05, 4.69) is 36.8 Å². The van der Waals surface area contributed by atoms with Crippen LogP contribution in [0.1, 0.15) is 0 Å². The van der Waals surface area contributed by atoms with Gasteiger partial charge in [-0.2, -0.15) is 0 Å². The molecular weight excluding hydrogens is 395 g/mol. The van der Waals surface area contributed by atoms with E-state index >= 15 is 0 Å². The van der Waals surface area contributed by atoms with Crippen LogP contribution in [0.15, 0.2) is 45.3 Å². The molecule has 19 heavy (non-hydrogen) atoms. The Balaban J connectivity index is 2.35. The number of fused-ring (bicyclic) bond motifs is 1. The third-order valence-corrected chi connectivity index (χ3v) is 4.19. The van der Waals surface area contributed by atoms with Crippen LogP contribution in [0.25, 0.3) is 16.7 Å². The van der Waals surface area contributed by atoms with Crippen LogP contribution in [0.3, 0.4) is 0 Å². The van der Waals surface area contributed by atoms with Gasteiger partial charge in [0.15, 0.2) is 4.77 Å². The van der Waals surface area contributed by atoms with E-state index in [-0.39, 0.29) is 5.82 Å². The minimum atomic E-state index is -0.295. The Hall–Kier alpha value is -0.980. The standard InChI is InChI=1S/C13H7Br2FN2S/c14-7-1-4-11-12(5-7)18(13(19)17-11)8-2-3-10(16)9(15)6-8/h1-6H,(H,17,19). The lowest BCUT2D eigenvalue weighted by atomic mass is 10.3. The van der Waals surface area contributed by atoms with Crippen LogP contribution in [0.2, 0.25) is 0 Å². The van der Waals surface area contributed by atoms with Crippen molar-refractivity contribution in [2.45, 2.75) is 0 Å². The van der Waals surface area contributed by atoms with Crippen LogP contribution >= 0.6 is 44.1 Å². The van der Waals surface area contributed by atoms with E-state index in [4.69, 9.17) is 12.2 Å². The van der Waals surface area contributed by atoms with E-state index in [1.165, 1.54) is 6.07 Å². The van der Waals surface area contributed by atoms with Gasteiger partial charge >= 0.3 is 0 Å². The van der Waals surface area contributed by atoms with E-state index in [1.54, 1.807) is 12.1 Å². The van der Waals surface area contributed by atoms with Gasteiger partial charge in [0.2, 0.25) is 0 Å². The summed E-state index contributed by atoms with van der Waals surface area (Å²) in [6, 6.07) is 10.7. The molecule has 0 aliphatic rings. The Morgan fingerprint density at radius 3 is 2.63 bits per heavy atom. The highest BCUT2D eigenvalue weighted by Crippen LogP contribution is 2.25. The first-order valence-corrected chi connectivity index (χ1v) is 7.41. The van der Waals surface area contributed by atoms with Crippen LogP contribution in [0, 0.1) is 10.6 Å². The van der Waals surface area contributed by atoms with Gasteiger partial charge in [-0.1, -0.05) is 15.9 Å². The number of nitrogens with zero attached hydrogens (tertiary/aromatic N) is 1.